The highest BCUT2D eigenvalue weighted by Crippen LogP contribution is 2.07. The Hall–Kier alpha value is -1.22. The van der Waals surface area contributed by atoms with E-state index in [1.54, 1.807) is 24.3 Å². The topological polar surface area (TPSA) is 40.3 Å². The number of benzene rings is 1. The van der Waals surface area contributed by atoms with Crippen molar-refractivity contribution in [1.29, 1.82) is 0 Å². The van der Waals surface area contributed by atoms with Gasteiger partial charge in [0.1, 0.15) is 0 Å². The van der Waals surface area contributed by atoms with Crippen LogP contribution in [-0.2, 0) is 0 Å². The van der Waals surface area contributed by atoms with E-state index in [2.05, 4.69) is 0 Å². The Morgan fingerprint density at radius 1 is 1.30 bits per heavy atom. The highest BCUT2D eigenvalue weighted by molar-refractivity contribution is 5.27. The molecule has 0 aliphatic carbocycles. The van der Waals surface area contributed by atoms with Gasteiger partial charge in [0.05, 0.1) is 4.76 Å². The number of hydrogen-bond donors (Lipinski definition) is 1. The molecule has 1 N–H and O–H groups in total. The van der Waals surface area contributed by atoms with Crippen molar-refractivity contribution in [2.45, 2.75) is 0 Å². The van der Waals surface area contributed by atoms with Gasteiger partial charge < -0.3 is 5.11 Å². The number of nitroso groups, excluding NO2 is 1. The molecule has 0 saturated carbocycles. The molecule has 0 heterocycles. The second-order valence-electron chi connectivity index (χ2n) is 1.86. The summed E-state index contributed by atoms with van der Waals surface area (Å²) in [6.45, 7) is -0.496. The molecule has 0 amide bonds. The van der Waals surface area contributed by atoms with Crippen LogP contribution in [0.1, 0.15) is 0 Å². The Morgan fingerprint density at radius 3 is 2.40 bits per heavy atom. The van der Waals surface area contributed by atoms with Gasteiger partial charge in [0.2, 0.25) is 0 Å². The fourth-order valence-electron chi connectivity index (χ4n) is 0.676. The average Bonchev–Trinajstić information content (AvgIpc) is 2.05. The zero-order chi connectivity index (χ0) is 7.40. The molecule has 3 nitrogen and oxygen atoms in total. The highest BCUT2D eigenvalue weighted by Gasteiger charge is 2.07. The lowest BCUT2D eigenvalue weighted by atomic mass is 10.3. The maximum Gasteiger partial charge on any atom is 0.299 e. The van der Waals surface area contributed by atoms with E-state index < -0.39 is 6.73 Å². The predicted octanol–water partition coefficient (Wildman–Crippen LogP) is 1.05. The summed E-state index contributed by atoms with van der Waals surface area (Å²) < 4.78 is 0.514. The summed E-state index contributed by atoms with van der Waals surface area (Å²) >= 11 is 0. The minimum atomic E-state index is -0.496. The number of para-hydroxylation sites is 1. The zero-order valence-electron chi connectivity index (χ0n) is 5.40. The van der Waals surface area contributed by atoms with Crippen molar-refractivity contribution >= 4 is 5.69 Å². The number of nitrogens with zero attached hydrogens (tertiary/aromatic N) is 1. The minimum Gasteiger partial charge on any atom is -0.336 e. The van der Waals surface area contributed by atoms with E-state index in [0.29, 0.717) is 10.4 Å². The van der Waals surface area contributed by atoms with Crippen molar-refractivity contribution in [3.8, 4) is 0 Å². The smallest absolute Gasteiger partial charge is 0.299 e. The van der Waals surface area contributed by atoms with Gasteiger partial charge in [0, 0.05) is 17.0 Å². The molecule has 0 radical (unpaired) electrons. The summed E-state index contributed by atoms with van der Waals surface area (Å²) in [7, 11) is 0. The fourth-order valence-corrected chi connectivity index (χ4v) is 0.676. The van der Waals surface area contributed by atoms with Crippen LogP contribution in [0.2, 0.25) is 0 Å². The van der Waals surface area contributed by atoms with Crippen LogP contribution >= 0.6 is 0 Å². The van der Waals surface area contributed by atoms with E-state index in [0.717, 1.165) is 0 Å². The molecule has 0 fully saturated rings. The predicted molar refractivity (Wildman–Crippen MR) is 36.8 cm³/mol. The lowest BCUT2D eigenvalue weighted by Gasteiger charge is -1.85. The average molecular weight is 138 g/mol. The van der Waals surface area contributed by atoms with Gasteiger partial charge >= 0.3 is 0 Å². The first-order valence-corrected chi connectivity index (χ1v) is 2.95. The van der Waals surface area contributed by atoms with Crippen molar-refractivity contribution in [1.82, 2.24) is 0 Å². The van der Waals surface area contributed by atoms with Crippen LogP contribution in [0.4, 0.5) is 5.69 Å². The number of rotatable bonds is 2. The van der Waals surface area contributed by atoms with Gasteiger partial charge in [-0.25, -0.2) is 0 Å². The van der Waals surface area contributed by atoms with Crippen molar-refractivity contribution in [2.24, 2.45) is 0 Å². The van der Waals surface area contributed by atoms with Crippen LogP contribution in [0.3, 0.4) is 0 Å². The van der Waals surface area contributed by atoms with E-state index in [1.165, 1.54) is 0 Å². The molecule has 1 rings (SSSR count). The van der Waals surface area contributed by atoms with Gasteiger partial charge in [0.15, 0.2) is 0 Å². The van der Waals surface area contributed by atoms with E-state index in [1.807, 2.05) is 6.07 Å². The largest absolute Gasteiger partial charge is 0.336 e. The monoisotopic (exact) mass is 138 g/mol. The Kier molecular flexibility index (Phi) is 2.12. The van der Waals surface area contributed by atoms with E-state index >= 15 is 0 Å². The molecule has 0 unspecified atom stereocenters. The maximum atomic E-state index is 10.7. The van der Waals surface area contributed by atoms with E-state index in [-0.39, 0.29) is 0 Å². The lowest BCUT2D eigenvalue weighted by Crippen LogP contribution is -2.00. The molecule has 1 aromatic carbocycles. The summed E-state index contributed by atoms with van der Waals surface area (Å²) in [5.74, 6) is 0. The number of aliphatic hydroxyl groups is 1. The van der Waals surface area contributed by atoms with E-state index in [9.17, 15) is 4.91 Å². The van der Waals surface area contributed by atoms with Gasteiger partial charge in [-0.2, -0.15) is 0 Å². The first-order valence-electron chi connectivity index (χ1n) is 2.95. The molecule has 0 aromatic heterocycles. The third-order valence-corrected chi connectivity index (χ3v) is 1.17. The van der Waals surface area contributed by atoms with Crippen LogP contribution < -0.4 is 0 Å². The van der Waals surface area contributed by atoms with Crippen molar-refractivity contribution in [3.05, 3.63) is 35.2 Å². The lowest BCUT2D eigenvalue weighted by molar-refractivity contribution is -0.505. The molecule has 52 valence electrons. The summed E-state index contributed by atoms with van der Waals surface area (Å²) in [5.41, 5.74) is 0.477. The van der Waals surface area contributed by atoms with Crippen LogP contribution in [0.15, 0.2) is 30.3 Å². The van der Waals surface area contributed by atoms with Crippen molar-refractivity contribution in [3.63, 3.8) is 0 Å². The molecule has 0 aliphatic rings. The normalized spacial score (nSPS) is 9.30. The third-order valence-electron chi connectivity index (χ3n) is 1.17. The van der Waals surface area contributed by atoms with Gasteiger partial charge in [-0.3, -0.25) is 0 Å². The summed E-state index contributed by atoms with van der Waals surface area (Å²) in [4.78, 5) is 10.7. The van der Waals surface area contributed by atoms with Crippen LogP contribution in [0.25, 0.3) is 0 Å². The Bertz CT molecular complexity index is 220. The van der Waals surface area contributed by atoms with Gasteiger partial charge in [-0.15, -0.1) is 0 Å². The molecule has 3 heteroatoms. The second-order valence-corrected chi connectivity index (χ2v) is 1.86. The zero-order valence-corrected chi connectivity index (χ0v) is 5.40. The van der Waals surface area contributed by atoms with E-state index in [4.69, 9.17) is 5.11 Å². The molecule has 1 aromatic rings. The summed E-state index contributed by atoms with van der Waals surface area (Å²) in [6.07, 6.45) is 0. The standard InChI is InChI=1S/C7H8NO2/c9-6-8(10)7-4-2-1-3-5-7/h1-5,9H,6H2/q+1. The Labute approximate surface area is 58.5 Å². The van der Waals surface area contributed by atoms with Gasteiger partial charge in [0.25, 0.3) is 12.4 Å². The molecular weight excluding hydrogens is 130 g/mol. The molecule has 0 aliphatic heterocycles. The van der Waals surface area contributed by atoms with Crippen molar-refractivity contribution in [2.75, 3.05) is 6.73 Å². The van der Waals surface area contributed by atoms with Crippen molar-refractivity contribution < 1.29 is 9.87 Å². The quantitative estimate of drug-likeness (QED) is 0.490. The number of aliphatic hydroxyl groups excluding tert-OH is 1. The first-order chi connectivity index (χ1) is 4.84. The SMILES string of the molecule is O=[N+](CO)c1ccccc1. The molecule has 0 bridgehead atoms. The summed E-state index contributed by atoms with van der Waals surface area (Å²) in [6, 6.07) is 8.59. The van der Waals surface area contributed by atoms with Gasteiger partial charge in [-0.1, -0.05) is 18.2 Å². The first kappa shape index (κ1) is 6.89. The molecule has 0 atom stereocenters. The van der Waals surface area contributed by atoms with Crippen LogP contribution in [-0.4, -0.2) is 16.6 Å². The Morgan fingerprint density at radius 2 is 1.90 bits per heavy atom. The molecule has 0 spiro atoms. The third kappa shape index (κ3) is 1.39. The number of hydrogen-bond acceptors (Lipinski definition) is 2. The molecule has 0 saturated heterocycles. The second kappa shape index (κ2) is 3.08. The highest BCUT2D eigenvalue weighted by atomic mass is 16.4. The maximum absolute atomic E-state index is 10.7. The van der Waals surface area contributed by atoms with Crippen LogP contribution in [0.5, 0.6) is 0 Å². The van der Waals surface area contributed by atoms with Crippen LogP contribution in [0, 0.1) is 4.91 Å². The fraction of sp³-hybridized carbons (Fsp3) is 0.143. The summed E-state index contributed by atoms with van der Waals surface area (Å²) in [5, 5.41) is 8.40. The Balaban J connectivity index is 2.85. The van der Waals surface area contributed by atoms with Gasteiger partial charge in [-0.05, 0) is 0 Å². The minimum absolute atomic E-state index is 0.477. The molecule has 10 heavy (non-hydrogen) atoms. The molecular formula is C7H8NO2+.